The Morgan fingerprint density at radius 2 is 1.71 bits per heavy atom. The highest BCUT2D eigenvalue weighted by Crippen LogP contribution is 2.14. The van der Waals surface area contributed by atoms with E-state index < -0.39 is 46.2 Å². The normalized spacial score (nSPS) is 11.8. The maximum absolute atomic E-state index is 11.8. The van der Waals surface area contributed by atoms with Crippen molar-refractivity contribution in [1.82, 2.24) is 10.6 Å². The van der Waals surface area contributed by atoms with E-state index in [-0.39, 0.29) is 0 Å². The molecule has 2 aromatic carbocycles. The van der Waals surface area contributed by atoms with Gasteiger partial charge >= 0.3 is 5.97 Å². The summed E-state index contributed by atoms with van der Waals surface area (Å²) in [5.74, 6) is 1.35. The van der Waals surface area contributed by atoms with Gasteiger partial charge in [0.15, 0.2) is 5.25 Å². The minimum atomic E-state index is -4.87. The summed E-state index contributed by atoms with van der Waals surface area (Å²) in [6.45, 7) is -1.60. The van der Waals surface area contributed by atoms with Crippen LogP contribution in [0.5, 0.6) is 0 Å². The first-order valence-corrected chi connectivity index (χ1v) is 9.41. The number of rotatable bonds is 6. The fourth-order valence-electron chi connectivity index (χ4n) is 2.24. The molecule has 0 aliphatic carbocycles. The van der Waals surface area contributed by atoms with Gasteiger partial charge in [-0.3, -0.25) is 18.9 Å². The van der Waals surface area contributed by atoms with Crippen LogP contribution < -0.4 is 10.6 Å². The van der Waals surface area contributed by atoms with Gasteiger partial charge in [-0.05, 0) is 22.9 Å². The summed E-state index contributed by atoms with van der Waals surface area (Å²) in [4.78, 5) is 34.0. The Morgan fingerprint density at radius 1 is 1.04 bits per heavy atom. The Bertz CT molecular complexity index is 1080. The molecule has 9 nitrogen and oxygen atoms in total. The van der Waals surface area contributed by atoms with E-state index in [9.17, 15) is 22.8 Å². The van der Waals surface area contributed by atoms with Gasteiger partial charge in [0.2, 0.25) is 5.91 Å². The average molecular weight is 404 g/mol. The molecule has 0 aliphatic heterocycles. The molecule has 0 spiro atoms. The molecule has 1 atom stereocenters. The van der Waals surface area contributed by atoms with Crippen LogP contribution >= 0.6 is 0 Å². The molecule has 0 heterocycles. The monoisotopic (exact) mass is 404 g/mol. The highest BCUT2D eigenvalue weighted by molar-refractivity contribution is 7.87. The molecule has 0 aromatic heterocycles. The zero-order chi connectivity index (χ0) is 20.7. The van der Waals surface area contributed by atoms with Crippen molar-refractivity contribution in [2.45, 2.75) is 5.25 Å². The van der Waals surface area contributed by atoms with Gasteiger partial charge in [0.05, 0.1) is 0 Å². The van der Waals surface area contributed by atoms with E-state index in [1.807, 2.05) is 35.6 Å². The number of carbonyl (C=O) groups excluding carboxylic acids is 2. The Hall–Kier alpha value is -3.42. The minimum Gasteiger partial charge on any atom is -0.480 e. The Labute approximate surface area is 160 Å². The molecule has 2 aromatic rings. The average Bonchev–Trinajstić information content (AvgIpc) is 2.63. The molecule has 0 aliphatic rings. The van der Waals surface area contributed by atoms with Crippen molar-refractivity contribution in [2.24, 2.45) is 0 Å². The minimum absolute atomic E-state index is 0.555. The smallest absolute Gasteiger partial charge is 0.322 e. The number of hydrogen-bond donors (Lipinski definition) is 4. The molecule has 28 heavy (non-hydrogen) atoms. The fraction of sp³-hybridized carbons (Fsp3) is 0.167. The number of aliphatic carboxylic acids is 1. The second-order valence-corrected chi connectivity index (χ2v) is 7.24. The van der Waals surface area contributed by atoms with Gasteiger partial charge < -0.3 is 15.7 Å². The van der Waals surface area contributed by atoms with E-state index in [1.165, 1.54) is 0 Å². The van der Waals surface area contributed by atoms with E-state index >= 15 is 0 Å². The molecule has 2 amide bonds. The molecule has 0 saturated heterocycles. The Balaban J connectivity index is 2.03. The van der Waals surface area contributed by atoms with Crippen LogP contribution in [0.25, 0.3) is 10.8 Å². The van der Waals surface area contributed by atoms with Gasteiger partial charge in [-0.25, -0.2) is 0 Å². The number of carboxylic acids is 1. The van der Waals surface area contributed by atoms with Crippen LogP contribution in [-0.4, -0.2) is 54.2 Å². The van der Waals surface area contributed by atoms with Crippen molar-refractivity contribution in [3.05, 3.63) is 48.0 Å². The first-order chi connectivity index (χ1) is 13.2. The Morgan fingerprint density at radius 3 is 2.36 bits per heavy atom. The molecule has 0 fully saturated rings. The third kappa shape index (κ3) is 6.08. The van der Waals surface area contributed by atoms with Crippen LogP contribution in [-0.2, 0) is 24.5 Å². The lowest BCUT2D eigenvalue weighted by Crippen LogP contribution is -2.47. The zero-order valence-corrected chi connectivity index (χ0v) is 15.2. The van der Waals surface area contributed by atoms with Crippen molar-refractivity contribution >= 4 is 38.7 Å². The first-order valence-electron chi connectivity index (χ1n) is 7.91. The molecular weight excluding hydrogens is 388 g/mol. The third-order valence-electron chi connectivity index (χ3n) is 3.58. The molecule has 0 bridgehead atoms. The summed E-state index contributed by atoms with van der Waals surface area (Å²) in [5, 5.41) is 12.3. The topological polar surface area (TPSA) is 150 Å². The lowest BCUT2D eigenvalue weighted by atomic mass is 10.1. The largest absolute Gasteiger partial charge is 0.480 e. The van der Waals surface area contributed by atoms with Crippen molar-refractivity contribution in [2.75, 3.05) is 13.1 Å². The predicted molar refractivity (Wildman–Crippen MR) is 99.8 cm³/mol. The van der Waals surface area contributed by atoms with Crippen molar-refractivity contribution in [1.29, 1.82) is 0 Å². The zero-order valence-electron chi connectivity index (χ0n) is 14.4. The van der Waals surface area contributed by atoms with Gasteiger partial charge in [0.1, 0.15) is 6.54 Å². The number of amides is 2. The maximum atomic E-state index is 11.8. The van der Waals surface area contributed by atoms with Crippen LogP contribution in [0, 0.1) is 11.8 Å². The summed E-state index contributed by atoms with van der Waals surface area (Å²) in [6.07, 6.45) is 0. The van der Waals surface area contributed by atoms with Crippen molar-refractivity contribution < 1.29 is 32.5 Å². The number of fused-ring (bicyclic) bond motifs is 1. The Kier molecular flexibility index (Phi) is 6.70. The highest BCUT2D eigenvalue weighted by Gasteiger charge is 2.31. The number of carboxylic acid groups (broad SMARTS) is 1. The van der Waals surface area contributed by atoms with E-state index in [0.29, 0.717) is 5.56 Å². The second kappa shape index (κ2) is 8.98. The van der Waals surface area contributed by atoms with Crippen LogP contribution in [0.3, 0.4) is 0 Å². The molecule has 10 heteroatoms. The molecular formula is C18H16N2O7S. The lowest BCUT2D eigenvalue weighted by molar-refractivity contribution is -0.138. The quantitative estimate of drug-likeness (QED) is 0.383. The summed E-state index contributed by atoms with van der Waals surface area (Å²) >= 11 is 0. The number of carbonyl (C=O) groups is 3. The van der Waals surface area contributed by atoms with Gasteiger partial charge in [0.25, 0.3) is 16.0 Å². The highest BCUT2D eigenvalue weighted by atomic mass is 32.2. The van der Waals surface area contributed by atoms with Gasteiger partial charge in [-0.2, -0.15) is 8.42 Å². The fourth-order valence-corrected chi connectivity index (χ4v) is 2.88. The molecule has 0 saturated carbocycles. The summed E-state index contributed by atoms with van der Waals surface area (Å²) in [6, 6.07) is 12.9. The van der Waals surface area contributed by atoms with Gasteiger partial charge in [0, 0.05) is 18.0 Å². The van der Waals surface area contributed by atoms with E-state index in [4.69, 9.17) is 9.66 Å². The predicted octanol–water partition coefficient (Wildman–Crippen LogP) is -0.235. The summed E-state index contributed by atoms with van der Waals surface area (Å²) in [7, 11) is -4.87. The van der Waals surface area contributed by atoms with Crippen LogP contribution in [0.4, 0.5) is 0 Å². The SMILES string of the molecule is O=C(O)CNC(=O)C(CNC(=O)C#Cc1ccc2ccccc2c1)S(=O)(=O)O. The molecule has 146 valence electrons. The lowest BCUT2D eigenvalue weighted by Gasteiger charge is -2.13. The summed E-state index contributed by atoms with van der Waals surface area (Å²) < 4.78 is 31.7. The summed E-state index contributed by atoms with van der Waals surface area (Å²) in [5.41, 5.74) is 0.555. The van der Waals surface area contributed by atoms with Gasteiger partial charge in [-0.15, -0.1) is 0 Å². The van der Waals surface area contributed by atoms with Gasteiger partial charge in [-0.1, -0.05) is 36.3 Å². The third-order valence-corrected chi connectivity index (χ3v) is 4.68. The van der Waals surface area contributed by atoms with E-state index in [0.717, 1.165) is 10.8 Å². The van der Waals surface area contributed by atoms with E-state index in [1.54, 1.807) is 12.1 Å². The molecule has 0 radical (unpaired) electrons. The van der Waals surface area contributed by atoms with Crippen LogP contribution in [0.1, 0.15) is 5.56 Å². The number of benzene rings is 2. The molecule has 1 unspecified atom stereocenters. The standard InChI is InChI=1S/C18H16N2O7S/c21-16(8-6-12-5-7-13-3-1-2-4-14(13)9-12)19-10-15(28(25,26)27)18(24)20-11-17(22)23/h1-5,7,9,15H,10-11H2,(H,19,21)(H,20,24)(H,22,23)(H,25,26,27). The van der Waals surface area contributed by atoms with E-state index in [2.05, 4.69) is 17.2 Å². The number of hydrogen-bond acceptors (Lipinski definition) is 5. The van der Waals surface area contributed by atoms with Crippen LogP contribution in [0.2, 0.25) is 0 Å². The molecule has 2 rings (SSSR count). The molecule has 4 N–H and O–H groups in total. The first kappa shape index (κ1) is 20.9. The maximum Gasteiger partial charge on any atom is 0.322 e. The van der Waals surface area contributed by atoms with Crippen LogP contribution in [0.15, 0.2) is 42.5 Å². The van der Waals surface area contributed by atoms with Crippen molar-refractivity contribution in [3.63, 3.8) is 0 Å². The number of nitrogens with one attached hydrogen (secondary N) is 2. The second-order valence-electron chi connectivity index (χ2n) is 5.64. The van der Waals surface area contributed by atoms with Crippen molar-refractivity contribution in [3.8, 4) is 11.8 Å².